The molecule has 0 aliphatic heterocycles. The van der Waals surface area contributed by atoms with Gasteiger partial charge >= 0.3 is 5.97 Å². The molecule has 3 amide bonds. The summed E-state index contributed by atoms with van der Waals surface area (Å²) in [5, 5.41) is 26.7. The van der Waals surface area contributed by atoms with Crippen LogP contribution in [-0.4, -0.2) is 93.2 Å². The molecule has 16 heteroatoms. The van der Waals surface area contributed by atoms with Crippen LogP contribution in [0.4, 0.5) is 0 Å². The Morgan fingerprint density at radius 2 is 1.61 bits per heavy atom. The van der Waals surface area contributed by atoms with Gasteiger partial charge in [0.2, 0.25) is 17.7 Å². The maximum atomic E-state index is 13.2. The van der Waals surface area contributed by atoms with Crippen molar-refractivity contribution in [2.24, 2.45) is 27.9 Å². The van der Waals surface area contributed by atoms with E-state index in [0.29, 0.717) is 31.5 Å². The molecule has 5 atom stereocenters. The number of aliphatic carboxylic acids is 1. The Balaban J connectivity index is 3.02. The summed E-state index contributed by atoms with van der Waals surface area (Å²) in [6.45, 7) is 1.88. The molecule has 14 N–H and O–H groups in total. The number of nitrogens with one attached hydrogen (secondary N) is 4. The number of aliphatic hydroxyl groups excluding tert-OH is 1. The first-order valence-electron chi connectivity index (χ1n) is 12.3. The number of carboxylic acid groups (broad SMARTS) is 1. The molecule has 0 saturated carbocycles. The summed E-state index contributed by atoms with van der Waals surface area (Å²) in [6.07, 6.45) is 3.25. The fraction of sp³-hybridized carbons (Fsp3) is 0.636. The van der Waals surface area contributed by atoms with Gasteiger partial charge in [-0.1, -0.05) is 0 Å². The average Bonchev–Trinajstić information content (AvgIpc) is 3.36. The van der Waals surface area contributed by atoms with Crippen molar-refractivity contribution in [2.45, 2.75) is 75.7 Å². The Kier molecular flexibility index (Phi) is 14.3. The van der Waals surface area contributed by atoms with E-state index >= 15 is 0 Å². The highest BCUT2D eigenvalue weighted by molar-refractivity contribution is 5.94. The molecule has 0 aliphatic carbocycles. The number of hydrogen-bond donors (Lipinski definition) is 10. The number of aromatic nitrogens is 2. The summed E-state index contributed by atoms with van der Waals surface area (Å²) >= 11 is 0. The summed E-state index contributed by atoms with van der Waals surface area (Å²) in [6, 6.07) is -4.81. The van der Waals surface area contributed by atoms with Crippen molar-refractivity contribution < 1.29 is 29.4 Å². The molecule has 0 bridgehead atoms. The normalized spacial score (nSPS) is 14.8. The van der Waals surface area contributed by atoms with Gasteiger partial charge in [0, 0.05) is 24.9 Å². The van der Waals surface area contributed by atoms with Crippen LogP contribution in [0.3, 0.4) is 0 Å². The monoisotopic (exact) mass is 540 g/mol. The second kappa shape index (κ2) is 16.9. The number of amides is 3. The number of aromatic amines is 1. The smallest absolute Gasteiger partial charge is 0.326 e. The van der Waals surface area contributed by atoms with E-state index in [0.717, 1.165) is 0 Å². The zero-order valence-corrected chi connectivity index (χ0v) is 21.4. The topological polar surface area (TPSA) is 290 Å². The lowest BCUT2D eigenvalue weighted by Gasteiger charge is -2.25. The first kappa shape index (κ1) is 32.3. The van der Waals surface area contributed by atoms with E-state index in [2.05, 4.69) is 30.9 Å². The van der Waals surface area contributed by atoms with Crippen molar-refractivity contribution in [3.8, 4) is 0 Å². The number of hydrogen-bond acceptors (Lipinski definition) is 9. The summed E-state index contributed by atoms with van der Waals surface area (Å²) in [4.78, 5) is 60.9. The predicted octanol–water partition coefficient (Wildman–Crippen LogP) is -3.62. The Bertz CT molecular complexity index is 920. The third-order valence-corrected chi connectivity index (χ3v) is 5.57. The van der Waals surface area contributed by atoms with Gasteiger partial charge in [0.1, 0.15) is 24.2 Å². The molecule has 214 valence electrons. The molecule has 1 heterocycles. The van der Waals surface area contributed by atoms with Gasteiger partial charge in [-0.3, -0.25) is 19.4 Å². The van der Waals surface area contributed by atoms with Gasteiger partial charge in [0.25, 0.3) is 0 Å². The number of guanidine groups is 1. The van der Waals surface area contributed by atoms with Crippen molar-refractivity contribution >= 4 is 29.7 Å². The van der Waals surface area contributed by atoms with Gasteiger partial charge in [-0.15, -0.1) is 0 Å². The van der Waals surface area contributed by atoms with Crippen molar-refractivity contribution in [2.75, 3.05) is 13.1 Å². The van der Waals surface area contributed by atoms with Gasteiger partial charge in [-0.2, -0.15) is 0 Å². The molecule has 1 aromatic heterocycles. The van der Waals surface area contributed by atoms with Crippen molar-refractivity contribution in [1.82, 2.24) is 25.9 Å². The summed E-state index contributed by atoms with van der Waals surface area (Å²) < 4.78 is 0. The number of carboxylic acids is 1. The van der Waals surface area contributed by atoms with Crippen LogP contribution in [0.15, 0.2) is 17.5 Å². The number of aliphatic hydroxyl groups is 1. The number of nitrogens with two attached hydrogens (primary N) is 4. The fourth-order valence-electron chi connectivity index (χ4n) is 3.38. The van der Waals surface area contributed by atoms with E-state index in [9.17, 15) is 29.4 Å². The molecule has 1 rings (SSSR count). The highest BCUT2D eigenvalue weighted by Crippen LogP contribution is 2.07. The average molecular weight is 541 g/mol. The van der Waals surface area contributed by atoms with E-state index in [1.165, 1.54) is 19.4 Å². The molecule has 16 nitrogen and oxygen atoms in total. The SMILES string of the molecule is CC(O)C(N)C(=O)NC(Cc1cnc[nH]1)C(=O)NC(CCCCN)C(=O)NC(CCCN=C(N)N)C(=O)O. The number of aliphatic imine (C=N–C) groups is 1. The van der Waals surface area contributed by atoms with Gasteiger partial charge in [-0.05, 0) is 45.6 Å². The standard InChI is InChI=1S/C22H40N10O6/c1-12(33)17(24)20(36)32-16(9-13-10-27-11-29-13)19(35)30-14(5-2-3-7-23)18(34)31-15(21(37)38)6-4-8-28-22(25)26/h10-12,14-17,33H,2-9,23-24H2,1H3,(H,27,29)(H,30,35)(H,31,34)(H,32,36)(H,37,38)(H4,25,26,28). The fourth-order valence-corrected chi connectivity index (χ4v) is 3.38. The Hall–Kier alpha value is -3.76. The number of carbonyl (C=O) groups excluding carboxylic acids is 3. The highest BCUT2D eigenvalue weighted by Gasteiger charge is 2.31. The first-order valence-corrected chi connectivity index (χ1v) is 12.3. The van der Waals surface area contributed by atoms with Crippen LogP contribution < -0.4 is 38.9 Å². The quantitative estimate of drug-likeness (QED) is 0.0492. The first-order chi connectivity index (χ1) is 18.0. The molecule has 0 radical (unpaired) electrons. The van der Waals surface area contributed by atoms with Gasteiger partial charge in [0.05, 0.1) is 12.4 Å². The molecule has 0 fully saturated rings. The van der Waals surface area contributed by atoms with Gasteiger partial charge in [0.15, 0.2) is 5.96 Å². The second-order valence-electron chi connectivity index (χ2n) is 8.80. The second-order valence-corrected chi connectivity index (χ2v) is 8.80. The van der Waals surface area contributed by atoms with E-state index in [1.54, 1.807) is 0 Å². The van der Waals surface area contributed by atoms with Crippen LogP contribution in [-0.2, 0) is 25.6 Å². The van der Waals surface area contributed by atoms with E-state index in [1.807, 2.05) is 0 Å². The molecule has 38 heavy (non-hydrogen) atoms. The number of nitrogens with zero attached hydrogens (tertiary/aromatic N) is 2. The number of rotatable bonds is 18. The van der Waals surface area contributed by atoms with Crippen LogP contribution in [0.5, 0.6) is 0 Å². The molecule has 0 spiro atoms. The zero-order valence-electron chi connectivity index (χ0n) is 21.4. The third kappa shape index (κ3) is 12.0. The largest absolute Gasteiger partial charge is 0.480 e. The Labute approximate surface area is 220 Å². The van der Waals surface area contributed by atoms with Crippen molar-refractivity contribution in [3.05, 3.63) is 18.2 Å². The summed E-state index contributed by atoms with van der Waals surface area (Å²) in [7, 11) is 0. The molecular weight excluding hydrogens is 500 g/mol. The maximum absolute atomic E-state index is 13.2. The van der Waals surface area contributed by atoms with Crippen LogP contribution in [0, 0.1) is 0 Å². The van der Waals surface area contributed by atoms with E-state index in [4.69, 9.17) is 22.9 Å². The predicted molar refractivity (Wildman–Crippen MR) is 138 cm³/mol. The molecule has 0 saturated heterocycles. The van der Waals surface area contributed by atoms with Crippen LogP contribution in [0.25, 0.3) is 0 Å². The summed E-state index contributed by atoms with van der Waals surface area (Å²) in [5.74, 6) is -3.58. The van der Waals surface area contributed by atoms with Crippen molar-refractivity contribution in [3.63, 3.8) is 0 Å². The molecule has 0 aromatic carbocycles. The van der Waals surface area contributed by atoms with E-state index < -0.39 is 54.0 Å². The maximum Gasteiger partial charge on any atom is 0.326 e. The Morgan fingerprint density at radius 3 is 2.16 bits per heavy atom. The minimum absolute atomic E-state index is 0.0101. The lowest BCUT2D eigenvalue weighted by molar-refractivity contribution is -0.142. The van der Waals surface area contributed by atoms with Crippen LogP contribution >= 0.6 is 0 Å². The lowest BCUT2D eigenvalue weighted by Crippen LogP contribution is -2.58. The number of unbranched alkanes of at least 4 members (excludes halogenated alkanes) is 1. The van der Waals surface area contributed by atoms with Crippen LogP contribution in [0.1, 0.15) is 44.7 Å². The highest BCUT2D eigenvalue weighted by atomic mass is 16.4. The van der Waals surface area contributed by atoms with E-state index in [-0.39, 0.29) is 31.8 Å². The minimum Gasteiger partial charge on any atom is -0.480 e. The zero-order chi connectivity index (χ0) is 28.7. The van der Waals surface area contributed by atoms with Crippen LogP contribution in [0.2, 0.25) is 0 Å². The Morgan fingerprint density at radius 1 is 1.00 bits per heavy atom. The number of imidazole rings is 1. The van der Waals surface area contributed by atoms with Gasteiger partial charge < -0.3 is 54.1 Å². The lowest BCUT2D eigenvalue weighted by atomic mass is 10.0. The third-order valence-electron chi connectivity index (χ3n) is 5.57. The summed E-state index contributed by atoms with van der Waals surface area (Å²) in [5.41, 5.74) is 22.3. The number of carbonyl (C=O) groups is 4. The molecule has 0 aliphatic rings. The van der Waals surface area contributed by atoms with Crippen molar-refractivity contribution in [1.29, 1.82) is 0 Å². The molecule has 1 aromatic rings. The van der Waals surface area contributed by atoms with Gasteiger partial charge in [-0.25, -0.2) is 9.78 Å². The number of H-pyrrole nitrogens is 1. The molecular formula is C22H40N10O6. The minimum atomic E-state index is -1.29. The molecule has 5 unspecified atom stereocenters.